The molecule has 0 unspecified atom stereocenters. The number of hydrogen-bond donors (Lipinski definition) is 1. The van der Waals surface area contributed by atoms with E-state index in [9.17, 15) is 9.59 Å². The van der Waals surface area contributed by atoms with E-state index in [0.29, 0.717) is 22.8 Å². The Kier molecular flexibility index (Phi) is 4.62. The molecule has 3 atom stereocenters. The van der Waals surface area contributed by atoms with Crippen LogP contribution in [-0.2, 0) is 4.79 Å². The second kappa shape index (κ2) is 6.55. The number of amides is 2. The maximum atomic E-state index is 13.0. The Morgan fingerprint density at radius 3 is 2.79 bits per heavy atom. The SMILES string of the molecule is CC[C@@H](C)NC(=O)[C@H]1CS[C@@H]2c3ccc(OC)c(OC)c3C(=O)N12. The lowest BCUT2D eigenvalue weighted by Gasteiger charge is -2.24. The monoisotopic (exact) mass is 350 g/mol. The van der Waals surface area contributed by atoms with Gasteiger partial charge in [-0.25, -0.2) is 0 Å². The van der Waals surface area contributed by atoms with Crippen molar-refractivity contribution in [1.82, 2.24) is 10.2 Å². The molecule has 2 aliphatic heterocycles. The Hall–Kier alpha value is -1.89. The van der Waals surface area contributed by atoms with Crippen molar-refractivity contribution in [3.05, 3.63) is 23.3 Å². The molecule has 0 aromatic heterocycles. The van der Waals surface area contributed by atoms with Gasteiger partial charge in [0.05, 0.1) is 19.8 Å². The number of fused-ring (bicyclic) bond motifs is 3. The number of hydrogen-bond acceptors (Lipinski definition) is 5. The second-order valence-electron chi connectivity index (χ2n) is 6.00. The van der Waals surface area contributed by atoms with Gasteiger partial charge in [-0.2, -0.15) is 0 Å². The largest absolute Gasteiger partial charge is 0.493 e. The van der Waals surface area contributed by atoms with Gasteiger partial charge in [-0.3, -0.25) is 9.59 Å². The number of ether oxygens (including phenoxy) is 2. The molecule has 24 heavy (non-hydrogen) atoms. The third kappa shape index (κ3) is 2.51. The number of methoxy groups -OCH3 is 2. The highest BCUT2D eigenvalue weighted by Gasteiger charge is 2.50. The van der Waals surface area contributed by atoms with Crippen molar-refractivity contribution in [2.24, 2.45) is 0 Å². The zero-order valence-electron chi connectivity index (χ0n) is 14.3. The average Bonchev–Trinajstić information content (AvgIpc) is 3.14. The Bertz CT molecular complexity index is 679. The van der Waals surface area contributed by atoms with Crippen LogP contribution in [0.25, 0.3) is 0 Å². The molecule has 130 valence electrons. The number of rotatable bonds is 5. The van der Waals surface area contributed by atoms with Crippen molar-refractivity contribution >= 4 is 23.6 Å². The molecule has 1 N–H and O–H groups in total. The summed E-state index contributed by atoms with van der Waals surface area (Å²) in [5, 5.41) is 2.84. The van der Waals surface area contributed by atoms with E-state index in [1.165, 1.54) is 7.11 Å². The van der Waals surface area contributed by atoms with Gasteiger partial charge in [0.2, 0.25) is 5.91 Å². The maximum absolute atomic E-state index is 13.0. The Morgan fingerprint density at radius 1 is 1.42 bits per heavy atom. The average molecular weight is 350 g/mol. The summed E-state index contributed by atoms with van der Waals surface area (Å²) in [6.45, 7) is 3.98. The molecule has 1 aromatic rings. The molecule has 7 heteroatoms. The first-order valence-corrected chi connectivity index (χ1v) is 9.07. The van der Waals surface area contributed by atoms with Gasteiger partial charge in [0.15, 0.2) is 11.5 Å². The minimum absolute atomic E-state index is 0.0913. The highest BCUT2D eigenvalue weighted by atomic mass is 32.2. The summed E-state index contributed by atoms with van der Waals surface area (Å²) >= 11 is 1.61. The lowest BCUT2D eigenvalue weighted by molar-refractivity contribution is -0.125. The van der Waals surface area contributed by atoms with E-state index in [2.05, 4.69) is 5.32 Å². The molecule has 0 radical (unpaired) electrons. The Morgan fingerprint density at radius 2 is 2.17 bits per heavy atom. The summed E-state index contributed by atoms with van der Waals surface area (Å²) in [4.78, 5) is 27.2. The predicted octanol–water partition coefficient (Wildman–Crippen LogP) is 2.19. The fourth-order valence-corrected chi connectivity index (χ4v) is 4.59. The third-order valence-corrected chi connectivity index (χ3v) is 5.90. The van der Waals surface area contributed by atoms with Crippen LogP contribution in [0.2, 0.25) is 0 Å². The van der Waals surface area contributed by atoms with E-state index in [1.807, 2.05) is 26.0 Å². The highest BCUT2D eigenvalue weighted by Crippen LogP contribution is 2.52. The minimum atomic E-state index is -0.454. The van der Waals surface area contributed by atoms with E-state index in [1.54, 1.807) is 23.8 Å². The van der Waals surface area contributed by atoms with E-state index in [-0.39, 0.29) is 23.2 Å². The number of thioether (sulfide) groups is 1. The normalized spacial score (nSPS) is 22.8. The smallest absolute Gasteiger partial charge is 0.260 e. The van der Waals surface area contributed by atoms with Gasteiger partial charge < -0.3 is 19.7 Å². The van der Waals surface area contributed by atoms with E-state index >= 15 is 0 Å². The lowest BCUT2D eigenvalue weighted by atomic mass is 10.1. The number of benzene rings is 1. The standard InChI is InChI=1S/C17H22N2O4S/c1-5-9(2)18-15(20)11-8-24-17-10-6-7-12(22-3)14(23-4)13(10)16(21)19(11)17/h6-7,9,11,17H,5,8H2,1-4H3,(H,18,20)/t9-,11-,17-/m1/s1. The molecular weight excluding hydrogens is 328 g/mol. The molecule has 1 aromatic carbocycles. The molecule has 2 amide bonds. The summed E-state index contributed by atoms with van der Waals surface area (Å²) in [6, 6.07) is 3.34. The van der Waals surface area contributed by atoms with Gasteiger partial charge in [0, 0.05) is 17.4 Å². The molecule has 3 rings (SSSR count). The summed E-state index contributed by atoms with van der Waals surface area (Å²) in [5.74, 6) is 1.31. The first-order chi connectivity index (χ1) is 11.5. The molecule has 0 saturated carbocycles. The quantitative estimate of drug-likeness (QED) is 0.882. The molecule has 0 bridgehead atoms. The Balaban J connectivity index is 1.93. The van der Waals surface area contributed by atoms with Crippen LogP contribution in [0.3, 0.4) is 0 Å². The van der Waals surface area contributed by atoms with Crippen molar-refractivity contribution in [3.8, 4) is 11.5 Å². The van der Waals surface area contributed by atoms with Gasteiger partial charge in [-0.15, -0.1) is 11.8 Å². The van der Waals surface area contributed by atoms with Crippen molar-refractivity contribution < 1.29 is 19.1 Å². The number of carbonyl (C=O) groups is 2. The molecule has 2 heterocycles. The molecule has 1 fully saturated rings. The molecule has 0 spiro atoms. The number of nitrogens with one attached hydrogen (secondary N) is 1. The zero-order chi connectivity index (χ0) is 17.4. The van der Waals surface area contributed by atoms with Gasteiger partial charge in [0.25, 0.3) is 5.91 Å². The van der Waals surface area contributed by atoms with Gasteiger partial charge in [-0.1, -0.05) is 13.0 Å². The number of carbonyl (C=O) groups excluding carboxylic acids is 2. The fourth-order valence-electron chi connectivity index (χ4n) is 3.13. The van der Waals surface area contributed by atoms with Crippen molar-refractivity contribution in [3.63, 3.8) is 0 Å². The van der Waals surface area contributed by atoms with Crippen LogP contribution < -0.4 is 14.8 Å². The van der Waals surface area contributed by atoms with Crippen LogP contribution in [0.15, 0.2) is 12.1 Å². The molecule has 0 aliphatic carbocycles. The van der Waals surface area contributed by atoms with Crippen LogP contribution in [0.5, 0.6) is 11.5 Å². The van der Waals surface area contributed by atoms with Crippen LogP contribution in [0, 0.1) is 0 Å². The lowest BCUT2D eigenvalue weighted by Crippen LogP contribution is -2.48. The summed E-state index contributed by atoms with van der Waals surface area (Å²) < 4.78 is 10.7. The van der Waals surface area contributed by atoms with Gasteiger partial charge in [0.1, 0.15) is 11.4 Å². The third-order valence-electron chi connectivity index (χ3n) is 4.60. The van der Waals surface area contributed by atoms with Crippen LogP contribution >= 0.6 is 11.8 Å². The fraction of sp³-hybridized carbons (Fsp3) is 0.529. The molecule has 2 aliphatic rings. The predicted molar refractivity (Wildman–Crippen MR) is 92.6 cm³/mol. The van der Waals surface area contributed by atoms with E-state index in [4.69, 9.17) is 9.47 Å². The van der Waals surface area contributed by atoms with Crippen LogP contribution in [0.1, 0.15) is 41.6 Å². The molecular formula is C17H22N2O4S. The van der Waals surface area contributed by atoms with Crippen LogP contribution in [0.4, 0.5) is 0 Å². The first kappa shape index (κ1) is 17.0. The zero-order valence-corrected chi connectivity index (χ0v) is 15.1. The van der Waals surface area contributed by atoms with E-state index in [0.717, 1.165) is 12.0 Å². The number of nitrogens with zero attached hydrogens (tertiary/aromatic N) is 1. The minimum Gasteiger partial charge on any atom is -0.493 e. The topological polar surface area (TPSA) is 67.9 Å². The molecule has 1 saturated heterocycles. The van der Waals surface area contributed by atoms with Crippen molar-refractivity contribution in [2.75, 3.05) is 20.0 Å². The van der Waals surface area contributed by atoms with Crippen molar-refractivity contribution in [1.29, 1.82) is 0 Å². The van der Waals surface area contributed by atoms with Crippen molar-refractivity contribution in [2.45, 2.75) is 37.7 Å². The summed E-state index contributed by atoms with van der Waals surface area (Å²) in [5.41, 5.74) is 1.40. The van der Waals surface area contributed by atoms with Crippen LogP contribution in [-0.4, -0.2) is 48.8 Å². The summed E-state index contributed by atoms with van der Waals surface area (Å²) in [7, 11) is 3.07. The highest BCUT2D eigenvalue weighted by molar-refractivity contribution is 7.99. The Labute approximate surface area is 145 Å². The molecule has 6 nitrogen and oxygen atoms in total. The van der Waals surface area contributed by atoms with Gasteiger partial charge in [-0.05, 0) is 19.4 Å². The van der Waals surface area contributed by atoms with Gasteiger partial charge >= 0.3 is 0 Å². The van der Waals surface area contributed by atoms with E-state index < -0.39 is 6.04 Å². The first-order valence-electron chi connectivity index (χ1n) is 8.03. The second-order valence-corrected chi connectivity index (χ2v) is 7.11. The summed E-state index contributed by atoms with van der Waals surface area (Å²) in [6.07, 6.45) is 0.855. The maximum Gasteiger partial charge on any atom is 0.260 e.